The van der Waals surface area contributed by atoms with Crippen LogP contribution in [0.15, 0.2) is 35.2 Å². The molecule has 7 heteroatoms. The van der Waals surface area contributed by atoms with Crippen molar-refractivity contribution in [3.05, 3.63) is 30.3 Å². The van der Waals surface area contributed by atoms with Crippen molar-refractivity contribution in [1.82, 2.24) is 4.90 Å². The van der Waals surface area contributed by atoms with Crippen LogP contribution in [-0.2, 0) is 19.4 Å². The minimum absolute atomic E-state index is 0.101. The second-order valence-electron chi connectivity index (χ2n) is 7.12. The van der Waals surface area contributed by atoms with Gasteiger partial charge in [0.05, 0.1) is 17.5 Å². The van der Waals surface area contributed by atoms with E-state index in [1.165, 1.54) is 17.0 Å². The molecule has 3 rings (SSSR count). The van der Waals surface area contributed by atoms with E-state index in [1.807, 2.05) is 0 Å². The summed E-state index contributed by atoms with van der Waals surface area (Å²) in [5, 5.41) is 8.92. The van der Waals surface area contributed by atoms with Crippen LogP contribution >= 0.6 is 0 Å². The van der Waals surface area contributed by atoms with E-state index in [0.717, 1.165) is 0 Å². The van der Waals surface area contributed by atoms with Crippen LogP contribution < -0.4 is 0 Å². The van der Waals surface area contributed by atoms with Crippen molar-refractivity contribution < 1.29 is 23.1 Å². The summed E-state index contributed by atoms with van der Waals surface area (Å²) in [7, 11) is -3.90. The van der Waals surface area contributed by atoms with Crippen molar-refractivity contribution in [3.63, 3.8) is 0 Å². The van der Waals surface area contributed by atoms with E-state index in [0.29, 0.717) is 0 Å². The van der Waals surface area contributed by atoms with E-state index >= 15 is 0 Å². The maximum absolute atomic E-state index is 13.2. The fraction of sp³-hybridized carbons (Fsp3) is 0.526. The molecule has 0 radical (unpaired) electrons. The van der Waals surface area contributed by atoms with Gasteiger partial charge in [-0.2, -0.15) is 0 Å². The molecule has 1 aromatic carbocycles. The van der Waals surface area contributed by atoms with Gasteiger partial charge in [0.2, 0.25) is 5.91 Å². The maximum Gasteiger partial charge on any atom is 0.244 e. The number of hydrogen-bond acceptors (Lipinski definition) is 5. The molecule has 6 nitrogen and oxygen atoms in total. The van der Waals surface area contributed by atoms with Crippen LogP contribution in [-0.4, -0.2) is 54.1 Å². The lowest BCUT2D eigenvalue weighted by molar-refractivity contribution is -0.141. The van der Waals surface area contributed by atoms with Gasteiger partial charge in [-0.25, -0.2) is 8.42 Å². The average Bonchev–Trinajstić information content (AvgIpc) is 3.05. The molecule has 1 N–H and O–H groups in total. The van der Waals surface area contributed by atoms with E-state index in [1.54, 1.807) is 39.0 Å². The number of rotatable bonds is 4. The van der Waals surface area contributed by atoms with Crippen LogP contribution in [0.4, 0.5) is 0 Å². The predicted molar refractivity (Wildman–Crippen MR) is 95.6 cm³/mol. The van der Waals surface area contributed by atoms with Gasteiger partial charge in [-0.05, 0) is 39.3 Å². The minimum Gasteiger partial charge on any atom is -0.380 e. The molecule has 2 heterocycles. The van der Waals surface area contributed by atoms with Gasteiger partial charge in [-0.1, -0.05) is 24.1 Å². The summed E-state index contributed by atoms with van der Waals surface area (Å²) in [4.78, 5) is 14.8. The van der Waals surface area contributed by atoms with Crippen LogP contribution in [0.5, 0.6) is 0 Å². The molecule has 0 bridgehead atoms. The lowest BCUT2D eigenvalue weighted by Gasteiger charge is -2.29. The van der Waals surface area contributed by atoms with Crippen molar-refractivity contribution in [2.75, 3.05) is 6.61 Å². The zero-order valence-electron chi connectivity index (χ0n) is 15.0. The number of amides is 1. The van der Waals surface area contributed by atoms with E-state index in [2.05, 4.69) is 11.8 Å². The smallest absolute Gasteiger partial charge is 0.244 e. The van der Waals surface area contributed by atoms with Crippen molar-refractivity contribution in [3.8, 4) is 11.8 Å². The molecule has 1 amide bonds. The Morgan fingerprint density at radius 3 is 2.62 bits per heavy atom. The van der Waals surface area contributed by atoms with Gasteiger partial charge < -0.3 is 14.7 Å². The predicted octanol–water partition coefficient (Wildman–Crippen LogP) is 1.20. The van der Waals surface area contributed by atoms with Gasteiger partial charge in [0, 0.05) is 5.92 Å². The first-order valence-electron chi connectivity index (χ1n) is 8.56. The molecule has 0 spiro atoms. The number of hydrogen-bond donors (Lipinski definition) is 1. The highest BCUT2D eigenvalue weighted by Crippen LogP contribution is 2.44. The second-order valence-corrected chi connectivity index (χ2v) is 9.19. The molecule has 0 aliphatic carbocycles. The summed E-state index contributed by atoms with van der Waals surface area (Å²) >= 11 is 0. The SMILES string of the molecule is CC#CC(O)C[C@@H]1[C@H]2COC(C)(C)N2C(=O)[C@H]1S(=O)(=O)c1ccccc1. The summed E-state index contributed by atoms with van der Waals surface area (Å²) in [6, 6.07) is 7.58. The third-order valence-electron chi connectivity index (χ3n) is 5.10. The zero-order chi connectivity index (χ0) is 19.1. The minimum atomic E-state index is -3.90. The van der Waals surface area contributed by atoms with Gasteiger partial charge in [0.15, 0.2) is 9.84 Å². The molecule has 0 saturated carbocycles. The Balaban J connectivity index is 2.05. The quantitative estimate of drug-likeness (QED) is 0.797. The van der Waals surface area contributed by atoms with E-state index in [4.69, 9.17) is 4.74 Å². The molecule has 26 heavy (non-hydrogen) atoms. The summed E-state index contributed by atoms with van der Waals surface area (Å²) in [5.74, 6) is 4.21. The third-order valence-corrected chi connectivity index (χ3v) is 7.24. The lowest BCUT2D eigenvalue weighted by Crippen LogP contribution is -2.46. The highest BCUT2D eigenvalue weighted by molar-refractivity contribution is 7.92. The van der Waals surface area contributed by atoms with Crippen molar-refractivity contribution in [2.24, 2.45) is 5.92 Å². The number of sulfone groups is 1. The van der Waals surface area contributed by atoms with Crippen LogP contribution in [0.25, 0.3) is 0 Å². The molecule has 2 aliphatic heterocycles. The lowest BCUT2D eigenvalue weighted by atomic mass is 9.93. The Hall–Kier alpha value is -1.88. The number of fused-ring (bicyclic) bond motifs is 1. The first kappa shape index (κ1) is 18.9. The molecule has 2 aliphatic rings. The molecular formula is C19H23NO5S. The third kappa shape index (κ3) is 3.02. The first-order valence-corrected chi connectivity index (χ1v) is 10.1. The molecule has 0 aromatic heterocycles. The largest absolute Gasteiger partial charge is 0.380 e. The fourth-order valence-electron chi connectivity index (χ4n) is 3.98. The summed E-state index contributed by atoms with van der Waals surface area (Å²) < 4.78 is 32.2. The normalized spacial score (nSPS) is 28.4. The molecule has 4 atom stereocenters. The first-order chi connectivity index (χ1) is 12.2. The van der Waals surface area contributed by atoms with Crippen LogP contribution in [0.3, 0.4) is 0 Å². The van der Waals surface area contributed by atoms with Gasteiger partial charge >= 0.3 is 0 Å². The standard InChI is InChI=1S/C19H23NO5S/c1-4-8-13(21)11-15-16-12-25-19(2,3)20(16)18(22)17(15)26(23,24)14-9-6-5-7-10-14/h5-7,9-10,13,15-17,21H,11-12H2,1-3H3/t13?,15-,16-,17+/m1/s1. The van der Waals surface area contributed by atoms with Gasteiger partial charge in [0.25, 0.3) is 0 Å². The van der Waals surface area contributed by atoms with E-state index in [9.17, 15) is 18.3 Å². The molecule has 2 saturated heterocycles. The highest BCUT2D eigenvalue weighted by atomic mass is 32.2. The Morgan fingerprint density at radius 2 is 2.00 bits per heavy atom. The monoisotopic (exact) mass is 377 g/mol. The van der Waals surface area contributed by atoms with Crippen LogP contribution in [0.1, 0.15) is 27.2 Å². The molecule has 2 fully saturated rings. The molecule has 140 valence electrons. The fourth-order valence-corrected chi connectivity index (χ4v) is 5.94. The Morgan fingerprint density at radius 1 is 1.35 bits per heavy atom. The maximum atomic E-state index is 13.2. The summed E-state index contributed by atoms with van der Waals surface area (Å²) in [6.45, 7) is 5.36. The topological polar surface area (TPSA) is 83.9 Å². The zero-order valence-corrected chi connectivity index (χ0v) is 15.9. The van der Waals surface area contributed by atoms with Gasteiger partial charge in [0.1, 0.15) is 17.1 Å². The molecular weight excluding hydrogens is 354 g/mol. The van der Waals surface area contributed by atoms with Gasteiger partial charge in [-0.3, -0.25) is 4.79 Å². The van der Waals surface area contributed by atoms with E-state index < -0.39 is 44.8 Å². The molecule has 1 unspecified atom stereocenters. The van der Waals surface area contributed by atoms with Gasteiger partial charge in [-0.15, -0.1) is 5.92 Å². The number of carbonyl (C=O) groups is 1. The second kappa shape index (κ2) is 6.69. The van der Waals surface area contributed by atoms with Crippen molar-refractivity contribution >= 4 is 15.7 Å². The highest BCUT2D eigenvalue weighted by Gasteiger charge is 2.61. The summed E-state index contributed by atoms with van der Waals surface area (Å²) in [6.07, 6.45) is -0.890. The summed E-state index contributed by atoms with van der Waals surface area (Å²) in [5.41, 5.74) is -0.873. The number of aliphatic hydroxyl groups excluding tert-OH is 1. The number of ether oxygens (including phenoxy) is 1. The Bertz CT molecular complexity index is 853. The number of carbonyl (C=O) groups excluding carboxylic acids is 1. The Labute approximate surface area is 154 Å². The van der Waals surface area contributed by atoms with Crippen molar-refractivity contribution in [2.45, 2.75) is 55.2 Å². The Kier molecular flexibility index (Phi) is 4.86. The van der Waals surface area contributed by atoms with Crippen LogP contribution in [0.2, 0.25) is 0 Å². The molecule has 1 aromatic rings. The number of nitrogens with zero attached hydrogens (tertiary/aromatic N) is 1. The number of aliphatic hydroxyl groups is 1. The van der Waals surface area contributed by atoms with Crippen LogP contribution in [0, 0.1) is 17.8 Å². The van der Waals surface area contributed by atoms with E-state index in [-0.39, 0.29) is 17.9 Å². The number of benzene rings is 1. The average molecular weight is 377 g/mol. The van der Waals surface area contributed by atoms with Crippen molar-refractivity contribution in [1.29, 1.82) is 0 Å².